The van der Waals surface area contributed by atoms with E-state index in [4.69, 9.17) is 9.57 Å². The van der Waals surface area contributed by atoms with Crippen LogP contribution in [0.4, 0.5) is 4.79 Å². The van der Waals surface area contributed by atoms with E-state index in [-0.39, 0.29) is 24.5 Å². The Morgan fingerprint density at radius 1 is 0.971 bits per heavy atom. The number of nitrogens with one attached hydrogen (secondary N) is 2. The molecule has 8 heteroatoms. The van der Waals surface area contributed by atoms with E-state index >= 15 is 0 Å². The summed E-state index contributed by atoms with van der Waals surface area (Å²) in [6.07, 6.45) is 3.75. The molecule has 5 rings (SSSR count). The molecule has 0 aromatic heterocycles. The van der Waals surface area contributed by atoms with Crippen molar-refractivity contribution >= 4 is 18.0 Å². The first-order valence-electron chi connectivity index (χ1n) is 11.5. The number of carboxylic acid groups (broad SMARTS) is 1. The van der Waals surface area contributed by atoms with Crippen LogP contribution < -0.4 is 10.8 Å². The maximum absolute atomic E-state index is 12.5. The van der Waals surface area contributed by atoms with Gasteiger partial charge >= 0.3 is 12.1 Å². The number of aliphatic carboxylic acids is 1. The highest BCUT2D eigenvalue weighted by Crippen LogP contribution is 2.44. The van der Waals surface area contributed by atoms with Crippen LogP contribution in [0, 0.1) is 11.8 Å². The quantitative estimate of drug-likeness (QED) is 0.409. The van der Waals surface area contributed by atoms with Crippen LogP contribution in [0.2, 0.25) is 0 Å². The van der Waals surface area contributed by atoms with Gasteiger partial charge in [0.2, 0.25) is 0 Å². The Balaban J connectivity index is 1.11. The summed E-state index contributed by atoms with van der Waals surface area (Å²) in [7, 11) is 0. The minimum atomic E-state index is -1.08. The fraction of sp³-hybridized carbons (Fsp3) is 0.346. The Morgan fingerprint density at radius 2 is 1.62 bits per heavy atom. The van der Waals surface area contributed by atoms with Crippen molar-refractivity contribution < 1.29 is 29.1 Å². The van der Waals surface area contributed by atoms with Crippen molar-refractivity contribution in [2.24, 2.45) is 11.8 Å². The lowest BCUT2D eigenvalue weighted by molar-refractivity contribution is -0.163. The second-order valence-corrected chi connectivity index (χ2v) is 8.98. The molecule has 0 saturated heterocycles. The third-order valence-electron chi connectivity index (χ3n) is 6.65. The Hall–Kier alpha value is -3.65. The van der Waals surface area contributed by atoms with E-state index in [9.17, 15) is 19.5 Å². The van der Waals surface area contributed by atoms with E-state index in [0.717, 1.165) is 35.1 Å². The predicted molar refractivity (Wildman–Crippen MR) is 123 cm³/mol. The van der Waals surface area contributed by atoms with Gasteiger partial charge in [-0.15, -0.1) is 0 Å². The molecule has 34 heavy (non-hydrogen) atoms. The van der Waals surface area contributed by atoms with Crippen molar-refractivity contribution in [2.75, 3.05) is 6.61 Å². The molecule has 8 nitrogen and oxygen atoms in total. The number of carboxylic acids is 1. The maximum atomic E-state index is 12.5. The summed E-state index contributed by atoms with van der Waals surface area (Å²) in [6, 6.07) is 15.9. The number of carbonyl (C=O) groups is 3. The van der Waals surface area contributed by atoms with Crippen LogP contribution in [-0.4, -0.2) is 41.8 Å². The maximum Gasteiger partial charge on any atom is 0.407 e. The van der Waals surface area contributed by atoms with Crippen LogP contribution in [0.25, 0.3) is 11.1 Å². The molecule has 2 aromatic carbocycles. The first-order chi connectivity index (χ1) is 16.5. The molecular weight excluding hydrogens is 436 g/mol. The Kier molecular flexibility index (Phi) is 6.06. The van der Waals surface area contributed by atoms with Gasteiger partial charge < -0.3 is 15.2 Å². The number of rotatable bonds is 8. The predicted octanol–water partition coefficient (Wildman–Crippen LogP) is 3.38. The number of hydrogen-bond donors (Lipinski definition) is 3. The van der Waals surface area contributed by atoms with Gasteiger partial charge in [-0.2, -0.15) is 0 Å². The molecule has 0 bridgehead atoms. The van der Waals surface area contributed by atoms with Crippen LogP contribution in [-0.2, 0) is 19.2 Å². The lowest BCUT2D eigenvalue weighted by atomic mass is 9.98. The summed E-state index contributed by atoms with van der Waals surface area (Å²) in [4.78, 5) is 41.2. The van der Waals surface area contributed by atoms with Gasteiger partial charge in [0, 0.05) is 5.92 Å². The highest BCUT2D eigenvalue weighted by atomic mass is 16.7. The van der Waals surface area contributed by atoms with Gasteiger partial charge in [-0.25, -0.2) is 15.1 Å². The van der Waals surface area contributed by atoms with E-state index < -0.39 is 30.0 Å². The fourth-order valence-corrected chi connectivity index (χ4v) is 4.74. The van der Waals surface area contributed by atoms with Crippen molar-refractivity contribution in [1.82, 2.24) is 10.8 Å². The van der Waals surface area contributed by atoms with Gasteiger partial charge in [0.05, 0.1) is 12.0 Å². The standard InChI is InChI=1S/C26H26N2O6/c29-24(28-34-23(25(30)31)15-9-10-15)16-11-12-17(13-16)27-26(32)33-14-22-20-7-3-1-5-18(20)19-6-2-4-8-21(19)22/h1-8,11-12,15-17,22-23H,9-10,13-14H2,(H,27,32)(H,28,29)(H,30,31). The topological polar surface area (TPSA) is 114 Å². The lowest BCUT2D eigenvalue weighted by Crippen LogP contribution is -2.39. The van der Waals surface area contributed by atoms with Crippen LogP contribution in [0.5, 0.6) is 0 Å². The highest BCUT2D eigenvalue weighted by molar-refractivity contribution is 5.81. The Labute approximate surface area is 196 Å². The van der Waals surface area contributed by atoms with E-state index in [2.05, 4.69) is 35.1 Å². The molecule has 3 N–H and O–H groups in total. The van der Waals surface area contributed by atoms with Gasteiger partial charge in [0.25, 0.3) is 5.91 Å². The number of ether oxygens (including phenoxy) is 1. The zero-order valence-electron chi connectivity index (χ0n) is 18.5. The van der Waals surface area contributed by atoms with Gasteiger partial charge in [0.1, 0.15) is 6.61 Å². The van der Waals surface area contributed by atoms with Crippen molar-refractivity contribution in [2.45, 2.75) is 37.3 Å². The van der Waals surface area contributed by atoms with Gasteiger partial charge in [-0.3, -0.25) is 9.63 Å². The van der Waals surface area contributed by atoms with Crippen LogP contribution in [0.3, 0.4) is 0 Å². The average Bonchev–Trinajstić information content (AvgIpc) is 3.47. The fourth-order valence-electron chi connectivity index (χ4n) is 4.74. The van der Waals surface area contributed by atoms with Crippen molar-refractivity contribution in [3.8, 4) is 11.1 Å². The summed E-state index contributed by atoms with van der Waals surface area (Å²) in [5, 5.41) is 12.0. The Bertz CT molecular complexity index is 1100. The number of alkyl carbamates (subject to hydrolysis) is 1. The normalized spacial score (nSPS) is 21.4. The summed E-state index contributed by atoms with van der Waals surface area (Å²) in [5.41, 5.74) is 6.87. The molecule has 2 amide bonds. The van der Waals surface area contributed by atoms with Gasteiger partial charge in [-0.05, 0) is 47.4 Å². The summed E-state index contributed by atoms with van der Waals surface area (Å²) < 4.78 is 5.56. The second-order valence-electron chi connectivity index (χ2n) is 8.98. The molecule has 0 heterocycles. The molecule has 0 radical (unpaired) electrons. The zero-order chi connectivity index (χ0) is 23.7. The first kappa shape index (κ1) is 22.2. The van der Waals surface area contributed by atoms with Crippen molar-refractivity contribution in [1.29, 1.82) is 0 Å². The molecular formula is C26H26N2O6. The number of hydrogen-bond acceptors (Lipinski definition) is 5. The van der Waals surface area contributed by atoms with Crippen LogP contribution in [0.1, 0.15) is 36.3 Å². The van der Waals surface area contributed by atoms with Gasteiger partial charge in [0.15, 0.2) is 6.10 Å². The molecule has 3 unspecified atom stereocenters. The molecule has 3 aliphatic carbocycles. The third-order valence-corrected chi connectivity index (χ3v) is 6.65. The van der Waals surface area contributed by atoms with Gasteiger partial charge in [-0.1, -0.05) is 60.7 Å². The minimum Gasteiger partial charge on any atom is -0.479 e. The number of carbonyl (C=O) groups excluding carboxylic acids is 2. The lowest BCUT2D eigenvalue weighted by Gasteiger charge is -2.17. The molecule has 1 fully saturated rings. The van der Waals surface area contributed by atoms with E-state index in [1.54, 1.807) is 12.2 Å². The van der Waals surface area contributed by atoms with Crippen LogP contribution >= 0.6 is 0 Å². The second kappa shape index (κ2) is 9.30. The highest BCUT2D eigenvalue weighted by Gasteiger charge is 2.38. The molecule has 0 aliphatic heterocycles. The number of benzene rings is 2. The molecule has 2 aromatic rings. The third kappa shape index (κ3) is 4.54. The monoisotopic (exact) mass is 462 g/mol. The minimum absolute atomic E-state index is 0.0263. The zero-order valence-corrected chi connectivity index (χ0v) is 18.5. The molecule has 3 atom stereocenters. The molecule has 3 aliphatic rings. The van der Waals surface area contributed by atoms with E-state index in [1.807, 2.05) is 24.3 Å². The molecule has 0 spiro atoms. The first-order valence-corrected chi connectivity index (χ1v) is 11.5. The number of hydroxylamine groups is 1. The smallest absolute Gasteiger partial charge is 0.407 e. The SMILES string of the molecule is O=C(NC1C=CC(C(=O)NOC(C(=O)O)C2CC2)C1)OCC1c2ccccc2-c2ccccc21. The number of amides is 2. The number of fused-ring (bicyclic) bond motifs is 3. The van der Waals surface area contributed by atoms with E-state index in [0.29, 0.717) is 6.42 Å². The molecule has 176 valence electrons. The summed E-state index contributed by atoms with van der Waals surface area (Å²) in [5.74, 6) is -2.12. The largest absolute Gasteiger partial charge is 0.479 e. The summed E-state index contributed by atoms with van der Waals surface area (Å²) >= 11 is 0. The average molecular weight is 463 g/mol. The van der Waals surface area contributed by atoms with Crippen molar-refractivity contribution in [3.63, 3.8) is 0 Å². The van der Waals surface area contributed by atoms with Crippen LogP contribution in [0.15, 0.2) is 60.7 Å². The van der Waals surface area contributed by atoms with E-state index in [1.165, 1.54) is 0 Å². The van der Waals surface area contributed by atoms with Crippen molar-refractivity contribution in [3.05, 3.63) is 71.8 Å². The molecule has 1 saturated carbocycles. The summed E-state index contributed by atoms with van der Waals surface area (Å²) in [6.45, 7) is 0.214. The Morgan fingerprint density at radius 3 is 2.24 bits per heavy atom.